The van der Waals surface area contributed by atoms with Crippen LogP contribution in [0, 0.1) is 0 Å². The molecule has 31 heavy (non-hydrogen) atoms. The number of hydrogen-bond donors (Lipinski definition) is 2. The van der Waals surface area contributed by atoms with E-state index in [1.807, 2.05) is 13.8 Å². The first-order valence-corrected chi connectivity index (χ1v) is 9.52. The van der Waals surface area contributed by atoms with Crippen molar-refractivity contribution < 1.29 is 13.2 Å². The molecular weight excluding hydrogens is 405 g/mol. The normalized spacial score (nSPS) is 14.2. The fraction of sp³-hybridized carbons (Fsp3) is 0.182. The van der Waals surface area contributed by atoms with E-state index in [1.165, 1.54) is 18.2 Å². The topological polar surface area (TPSA) is 75.1 Å². The number of aromatic nitrogens is 3. The van der Waals surface area contributed by atoms with Crippen molar-refractivity contribution in [2.24, 2.45) is 4.99 Å². The first-order valence-electron chi connectivity index (χ1n) is 9.52. The minimum atomic E-state index is -4.53. The maximum absolute atomic E-state index is 13.6. The molecule has 0 fully saturated rings. The van der Waals surface area contributed by atoms with Crippen LogP contribution in [0.2, 0.25) is 0 Å². The predicted octanol–water partition coefficient (Wildman–Crippen LogP) is 4.89. The molecule has 2 aromatic heterocycles. The van der Waals surface area contributed by atoms with Crippen LogP contribution in [0.4, 0.5) is 19.0 Å². The van der Waals surface area contributed by atoms with Crippen molar-refractivity contribution in [1.82, 2.24) is 20.3 Å². The third kappa shape index (κ3) is 4.55. The Bertz CT molecular complexity index is 1170. The van der Waals surface area contributed by atoms with Crippen LogP contribution in [0.3, 0.4) is 0 Å². The van der Waals surface area contributed by atoms with Gasteiger partial charge in [0.2, 0.25) is 0 Å². The van der Waals surface area contributed by atoms with E-state index in [2.05, 4.69) is 30.6 Å². The minimum Gasteiger partial charge on any atom is -0.331 e. The molecule has 1 aromatic carbocycles. The van der Waals surface area contributed by atoms with Crippen molar-refractivity contribution in [2.45, 2.75) is 20.0 Å². The molecule has 0 atom stereocenters. The third-order valence-corrected chi connectivity index (χ3v) is 4.71. The van der Waals surface area contributed by atoms with Gasteiger partial charge in [-0.15, -0.1) is 0 Å². The van der Waals surface area contributed by atoms with E-state index in [4.69, 9.17) is 0 Å². The Morgan fingerprint density at radius 2 is 1.74 bits per heavy atom. The zero-order valence-corrected chi connectivity index (χ0v) is 16.8. The number of halogens is 3. The Kier molecular flexibility index (Phi) is 5.41. The highest BCUT2D eigenvalue weighted by Crippen LogP contribution is 2.36. The van der Waals surface area contributed by atoms with Crippen molar-refractivity contribution in [3.63, 3.8) is 0 Å². The quantitative estimate of drug-likeness (QED) is 0.624. The summed E-state index contributed by atoms with van der Waals surface area (Å²) in [4.78, 5) is 17.1. The van der Waals surface area contributed by atoms with Gasteiger partial charge in [0.05, 0.1) is 23.6 Å². The van der Waals surface area contributed by atoms with Gasteiger partial charge in [-0.05, 0) is 37.6 Å². The second-order valence-corrected chi connectivity index (χ2v) is 7.05. The molecule has 0 radical (unpaired) electrons. The molecule has 0 saturated heterocycles. The number of anilines is 1. The number of nitrogens with zero attached hydrogens (tertiary/aromatic N) is 4. The number of rotatable bonds is 4. The molecule has 3 heterocycles. The van der Waals surface area contributed by atoms with Gasteiger partial charge < -0.3 is 10.6 Å². The lowest BCUT2D eigenvalue weighted by atomic mass is 10.1. The van der Waals surface area contributed by atoms with E-state index in [0.29, 0.717) is 29.4 Å². The first kappa shape index (κ1) is 20.5. The number of pyridine rings is 1. The number of benzene rings is 1. The zero-order chi connectivity index (χ0) is 22.0. The van der Waals surface area contributed by atoms with Crippen LogP contribution >= 0.6 is 0 Å². The lowest BCUT2D eigenvalue weighted by Gasteiger charge is -2.20. The Labute approximate surface area is 177 Å². The highest BCUT2D eigenvalue weighted by Gasteiger charge is 2.34. The van der Waals surface area contributed by atoms with Gasteiger partial charge in [0, 0.05) is 29.6 Å². The molecule has 4 rings (SSSR count). The maximum Gasteiger partial charge on any atom is 0.417 e. The van der Waals surface area contributed by atoms with Crippen LogP contribution in [0.1, 0.15) is 19.4 Å². The summed E-state index contributed by atoms with van der Waals surface area (Å²) in [6.07, 6.45) is -1.33. The molecule has 0 bridgehead atoms. The Morgan fingerprint density at radius 1 is 1.00 bits per heavy atom. The van der Waals surface area contributed by atoms with E-state index in [1.54, 1.807) is 30.6 Å². The van der Waals surface area contributed by atoms with Crippen LogP contribution in [-0.2, 0) is 6.18 Å². The summed E-state index contributed by atoms with van der Waals surface area (Å²) in [6.45, 7) is 4.27. The average molecular weight is 424 g/mol. The number of hydrogen-bond acceptors (Lipinski definition) is 6. The monoisotopic (exact) mass is 424 g/mol. The van der Waals surface area contributed by atoms with Gasteiger partial charge in [0.15, 0.2) is 5.82 Å². The van der Waals surface area contributed by atoms with Crippen LogP contribution in [0.5, 0.6) is 0 Å². The van der Waals surface area contributed by atoms with Crippen LogP contribution in [0.15, 0.2) is 71.2 Å². The SMILES string of the molecule is CC1=NCC(C)=C(Nc2cc(-c3ccncc3)nc(-c3ccccc3C(F)(F)F)n2)N1. The standard InChI is InChI=1S/C22H19F3N6/c1-13-12-27-14(2)28-20(13)30-19-11-18(15-7-9-26-10-8-15)29-21(31-19)16-5-3-4-6-17(16)22(23,24)25/h3-11H,12H2,1-2H3,(H,27,28)(H,29,30,31). The van der Waals surface area contributed by atoms with Crippen LogP contribution < -0.4 is 10.6 Å². The second-order valence-electron chi connectivity index (χ2n) is 7.05. The summed E-state index contributed by atoms with van der Waals surface area (Å²) >= 11 is 0. The molecule has 9 heteroatoms. The third-order valence-electron chi connectivity index (χ3n) is 4.71. The average Bonchev–Trinajstić information content (AvgIpc) is 2.76. The largest absolute Gasteiger partial charge is 0.417 e. The van der Waals surface area contributed by atoms with Crippen molar-refractivity contribution >= 4 is 11.7 Å². The molecule has 1 aliphatic heterocycles. The van der Waals surface area contributed by atoms with Crippen molar-refractivity contribution in [3.8, 4) is 22.6 Å². The summed E-state index contributed by atoms with van der Waals surface area (Å²) < 4.78 is 40.8. The van der Waals surface area contributed by atoms with Gasteiger partial charge in [-0.2, -0.15) is 13.2 Å². The Morgan fingerprint density at radius 3 is 2.48 bits per heavy atom. The van der Waals surface area contributed by atoms with Gasteiger partial charge in [-0.25, -0.2) is 9.97 Å². The maximum atomic E-state index is 13.6. The van der Waals surface area contributed by atoms with Gasteiger partial charge in [0.25, 0.3) is 0 Å². The number of nitrogens with one attached hydrogen (secondary N) is 2. The molecule has 0 spiro atoms. The summed E-state index contributed by atoms with van der Waals surface area (Å²) in [6, 6.07) is 10.5. The van der Waals surface area contributed by atoms with Crippen LogP contribution in [0.25, 0.3) is 22.6 Å². The van der Waals surface area contributed by atoms with E-state index in [0.717, 1.165) is 17.5 Å². The fourth-order valence-electron chi connectivity index (χ4n) is 3.14. The molecule has 6 nitrogen and oxygen atoms in total. The summed E-state index contributed by atoms with van der Waals surface area (Å²) in [7, 11) is 0. The number of amidine groups is 1. The highest BCUT2D eigenvalue weighted by molar-refractivity contribution is 5.83. The lowest BCUT2D eigenvalue weighted by Crippen LogP contribution is -2.30. The van der Waals surface area contributed by atoms with E-state index >= 15 is 0 Å². The zero-order valence-electron chi connectivity index (χ0n) is 16.8. The number of alkyl halides is 3. The molecule has 0 unspecified atom stereocenters. The summed E-state index contributed by atoms with van der Waals surface area (Å²) in [5, 5.41) is 6.32. The van der Waals surface area contributed by atoms with Crippen molar-refractivity contribution in [3.05, 3.63) is 71.8 Å². The second kappa shape index (κ2) is 8.17. The Balaban J connectivity index is 1.84. The molecule has 1 aliphatic rings. The van der Waals surface area contributed by atoms with E-state index in [9.17, 15) is 13.2 Å². The van der Waals surface area contributed by atoms with Crippen molar-refractivity contribution in [1.29, 1.82) is 0 Å². The van der Waals surface area contributed by atoms with Crippen LogP contribution in [-0.4, -0.2) is 27.3 Å². The molecule has 0 aliphatic carbocycles. The first-order chi connectivity index (χ1) is 14.8. The van der Waals surface area contributed by atoms with Gasteiger partial charge in [-0.1, -0.05) is 18.2 Å². The van der Waals surface area contributed by atoms with Gasteiger partial charge in [-0.3, -0.25) is 9.98 Å². The Hall–Kier alpha value is -3.75. The van der Waals surface area contributed by atoms with Crippen molar-refractivity contribution in [2.75, 3.05) is 11.9 Å². The molecule has 2 N–H and O–H groups in total. The molecule has 0 amide bonds. The molecule has 0 saturated carbocycles. The molecular formula is C22H19F3N6. The minimum absolute atomic E-state index is 0.0239. The van der Waals surface area contributed by atoms with Gasteiger partial charge >= 0.3 is 6.18 Å². The lowest BCUT2D eigenvalue weighted by molar-refractivity contribution is -0.137. The molecule has 158 valence electrons. The molecule has 3 aromatic rings. The highest BCUT2D eigenvalue weighted by atomic mass is 19.4. The number of aliphatic imine (C=N–C) groups is 1. The predicted molar refractivity (Wildman–Crippen MR) is 113 cm³/mol. The fourth-order valence-corrected chi connectivity index (χ4v) is 3.14. The van der Waals surface area contributed by atoms with E-state index in [-0.39, 0.29) is 11.4 Å². The summed E-state index contributed by atoms with van der Waals surface area (Å²) in [5.74, 6) is 1.77. The van der Waals surface area contributed by atoms with Gasteiger partial charge in [0.1, 0.15) is 11.6 Å². The van der Waals surface area contributed by atoms with E-state index < -0.39 is 11.7 Å². The smallest absolute Gasteiger partial charge is 0.331 e. The summed E-state index contributed by atoms with van der Waals surface area (Å²) in [5.41, 5.74) is 1.26.